The van der Waals surface area contributed by atoms with Gasteiger partial charge < -0.3 is 14.9 Å². The van der Waals surface area contributed by atoms with E-state index >= 15 is 0 Å². The van der Waals surface area contributed by atoms with E-state index in [9.17, 15) is 23.4 Å². The van der Waals surface area contributed by atoms with Gasteiger partial charge in [-0.3, -0.25) is 4.68 Å². The van der Waals surface area contributed by atoms with Crippen LogP contribution < -0.4 is 0 Å². The van der Waals surface area contributed by atoms with E-state index < -0.39 is 31.6 Å². The molecule has 0 radical (unpaired) electrons. The van der Waals surface area contributed by atoms with E-state index in [-0.39, 0.29) is 6.54 Å². The average Bonchev–Trinajstić information content (AvgIpc) is 2.94. The summed E-state index contributed by atoms with van der Waals surface area (Å²) in [6.45, 7) is -1.88. The molecular formula is C15H17F3N2O3. The predicted octanol–water partition coefficient (Wildman–Crippen LogP) is 1.90. The number of nitrogens with zero attached hydrogens (tertiary/aromatic N) is 2. The Labute approximate surface area is 130 Å². The van der Waals surface area contributed by atoms with Crippen LogP contribution in [0.1, 0.15) is 17.2 Å². The van der Waals surface area contributed by atoms with Gasteiger partial charge in [0, 0.05) is 11.8 Å². The lowest BCUT2D eigenvalue weighted by atomic mass is 10.1. The van der Waals surface area contributed by atoms with Gasteiger partial charge in [0.2, 0.25) is 0 Å². The van der Waals surface area contributed by atoms with Crippen LogP contribution in [-0.2, 0) is 11.3 Å². The molecule has 23 heavy (non-hydrogen) atoms. The van der Waals surface area contributed by atoms with E-state index in [1.54, 1.807) is 24.3 Å². The zero-order valence-corrected chi connectivity index (χ0v) is 12.1. The molecule has 0 fully saturated rings. The molecule has 0 aliphatic rings. The Morgan fingerprint density at radius 2 is 1.83 bits per heavy atom. The number of aliphatic hydroxyl groups is 2. The summed E-state index contributed by atoms with van der Waals surface area (Å²) in [6.07, 6.45) is -3.42. The minimum atomic E-state index is -4.42. The van der Waals surface area contributed by atoms with Gasteiger partial charge in [0.05, 0.1) is 25.5 Å². The molecule has 2 N–H and O–H groups in total. The second-order valence-corrected chi connectivity index (χ2v) is 5.09. The monoisotopic (exact) mass is 330 g/mol. The summed E-state index contributed by atoms with van der Waals surface area (Å²) < 4.78 is 41.5. The van der Waals surface area contributed by atoms with Crippen molar-refractivity contribution in [1.29, 1.82) is 0 Å². The van der Waals surface area contributed by atoms with Crippen molar-refractivity contribution in [3.63, 3.8) is 0 Å². The fraction of sp³-hybridized carbons (Fsp3) is 0.400. The third kappa shape index (κ3) is 5.66. The number of benzene rings is 1. The SMILES string of the molecule is OC(COCC(F)(F)F)Cn1cc(C(O)c2ccccc2)cn1. The van der Waals surface area contributed by atoms with Gasteiger partial charge in [0.1, 0.15) is 12.7 Å². The zero-order chi connectivity index (χ0) is 16.9. The molecule has 0 saturated heterocycles. The fourth-order valence-corrected chi connectivity index (χ4v) is 2.03. The van der Waals surface area contributed by atoms with Crippen LogP contribution in [0.4, 0.5) is 13.2 Å². The molecule has 0 aliphatic heterocycles. The molecule has 0 spiro atoms. The first-order chi connectivity index (χ1) is 10.8. The molecule has 0 saturated carbocycles. The van der Waals surface area contributed by atoms with Crippen molar-refractivity contribution in [2.45, 2.75) is 24.9 Å². The summed E-state index contributed by atoms with van der Waals surface area (Å²) in [5.41, 5.74) is 1.22. The number of halogens is 3. The van der Waals surface area contributed by atoms with Gasteiger partial charge in [-0.15, -0.1) is 0 Å². The third-order valence-electron chi connectivity index (χ3n) is 3.06. The van der Waals surface area contributed by atoms with Crippen LogP contribution in [0.25, 0.3) is 0 Å². The van der Waals surface area contributed by atoms with Crippen LogP contribution in [-0.4, -0.2) is 45.5 Å². The van der Waals surface area contributed by atoms with Crippen molar-refractivity contribution in [3.8, 4) is 0 Å². The third-order valence-corrected chi connectivity index (χ3v) is 3.06. The van der Waals surface area contributed by atoms with Gasteiger partial charge in [-0.25, -0.2) is 0 Å². The predicted molar refractivity (Wildman–Crippen MR) is 75.6 cm³/mol. The summed E-state index contributed by atoms with van der Waals surface area (Å²) in [5, 5.41) is 23.8. The van der Waals surface area contributed by atoms with Crippen molar-refractivity contribution in [2.24, 2.45) is 0 Å². The Bertz CT molecular complexity index is 602. The molecule has 2 atom stereocenters. The normalized spacial score (nSPS) is 14.7. The zero-order valence-electron chi connectivity index (χ0n) is 12.1. The molecule has 0 aliphatic carbocycles. The van der Waals surface area contributed by atoms with Gasteiger partial charge in [0.15, 0.2) is 0 Å². The Balaban J connectivity index is 1.87. The molecule has 126 valence electrons. The summed E-state index contributed by atoms with van der Waals surface area (Å²) in [7, 11) is 0. The van der Waals surface area contributed by atoms with Crippen LogP contribution in [0.3, 0.4) is 0 Å². The molecule has 1 aromatic heterocycles. The van der Waals surface area contributed by atoms with Crippen molar-refractivity contribution in [3.05, 3.63) is 53.9 Å². The van der Waals surface area contributed by atoms with Crippen molar-refractivity contribution in [1.82, 2.24) is 9.78 Å². The number of hydrogen-bond acceptors (Lipinski definition) is 4. The number of ether oxygens (including phenoxy) is 1. The van der Waals surface area contributed by atoms with E-state index in [4.69, 9.17) is 0 Å². The largest absolute Gasteiger partial charge is 0.411 e. The highest BCUT2D eigenvalue weighted by Crippen LogP contribution is 2.21. The minimum Gasteiger partial charge on any atom is -0.389 e. The van der Waals surface area contributed by atoms with Gasteiger partial charge in [-0.1, -0.05) is 30.3 Å². The molecule has 0 bridgehead atoms. The molecule has 2 rings (SSSR count). The van der Waals surface area contributed by atoms with Crippen LogP contribution in [0.15, 0.2) is 42.7 Å². The van der Waals surface area contributed by atoms with E-state index in [1.165, 1.54) is 17.1 Å². The maximum Gasteiger partial charge on any atom is 0.411 e. The number of alkyl halides is 3. The first-order valence-electron chi connectivity index (χ1n) is 6.93. The van der Waals surface area contributed by atoms with Crippen molar-refractivity contribution < 1.29 is 28.1 Å². The lowest BCUT2D eigenvalue weighted by Crippen LogP contribution is -2.26. The highest BCUT2D eigenvalue weighted by molar-refractivity contribution is 5.26. The van der Waals surface area contributed by atoms with E-state index in [1.807, 2.05) is 6.07 Å². The molecule has 8 heteroatoms. The maximum absolute atomic E-state index is 11.9. The lowest BCUT2D eigenvalue weighted by molar-refractivity contribution is -0.179. The molecule has 1 heterocycles. The standard InChI is InChI=1S/C15H17F3N2O3/c16-15(17,18)10-23-9-13(21)8-20-7-12(6-19-20)14(22)11-4-2-1-3-5-11/h1-7,13-14,21-22H,8-10H2. The number of aromatic nitrogens is 2. The van der Waals surface area contributed by atoms with Crippen molar-refractivity contribution in [2.75, 3.05) is 13.2 Å². The molecular weight excluding hydrogens is 313 g/mol. The Hall–Kier alpha value is -1.90. The quantitative estimate of drug-likeness (QED) is 0.814. The Morgan fingerprint density at radius 1 is 1.13 bits per heavy atom. The molecule has 2 unspecified atom stereocenters. The first kappa shape index (κ1) is 17.5. The fourth-order valence-electron chi connectivity index (χ4n) is 2.03. The number of rotatable bonds is 7. The van der Waals surface area contributed by atoms with Crippen molar-refractivity contribution >= 4 is 0 Å². The average molecular weight is 330 g/mol. The van der Waals surface area contributed by atoms with Crippen LogP contribution in [0.5, 0.6) is 0 Å². The second-order valence-electron chi connectivity index (χ2n) is 5.09. The molecule has 5 nitrogen and oxygen atoms in total. The van der Waals surface area contributed by atoms with Crippen LogP contribution >= 0.6 is 0 Å². The summed E-state index contributed by atoms with van der Waals surface area (Å²) in [4.78, 5) is 0. The highest BCUT2D eigenvalue weighted by Gasteiger charge is 2.27. The Kier molecular flexibility index (Phi) is 5.75. The van der Waals surface area contributed by atoms with Gasteiger partial charge in [-0.05, 0) is 5.56 Å². The highest BCUT2D eigenvalue weighted by atomic mass is 19.4. The number of aliphatic hydroxyl groups excluding tert-OH is 2. The maximum atomic E-state index is 11.9. The smallest absolute Gasteiger partial charge is 0.389 e. The van der Waals surface area contributed by atoms with Gasteiger partial charge in [-0.2, -0.15) is 18.3 Å². The van der Waals surface area contributed by atoms with Crippen LogP contribution in [0, 0.1) is 0 Å². The summed E-state index contributed by atoms with van der Waals surface area (Å²) in [6, 6.07) is 8.95. The van der Waals surface area contributed by atoms with E-state index in [2.05, 4.69) is 9.84 Å². The molecule has 0 amide bonds. The first-order valence-corrected chi connectivity index (χ1v) is 6.93. The van der Waals surface area contributed by atoms with E-state index in [0.717, 1.165) is 0 Å². The Morgan fingerprint density at radius 3 is 2.48 bits per heavy atom. The summed E-state index contributed by atoms with van der Waals surface area (Å²) in [5.74, 6) is 0. The second kappa shape index (κ2) is 7.58. The minimum absolute atomic E-state index is 0.0284. The molecule has 1 aromatic carbocycles. The van der Waals surface area contributed by atoms with E-state index in [0.29, 0.717) is 11.1 Å². The van der Waals surface area contributed by atoms with Crippen LogP contribution in [0.2, 0.25) is 0 Å². The lowest BCUT2D eigenvalue weighted by Gasteiger charge is -2.12. The van der Waals surface area contributed by atoms with Gasteiger partial charge in [0.25, 0.3) is 0 Å². The number of hydrogen-bond donors (Lipinski definition) is 2. The molecule has 2 aromatic rings. The van der Waals surface area contributed by atoms with Gasteiger partial charge >= 0.3 is 6.18 Å². The summed E-state index contributed by atoms with van der Waals surface area (Å²) >= 11 is 0. The topological polar surface area (TPSA) is 67.5 Å².